The van der Waals surface area contributed by atoms with E-state index in [2.05, 4.69) is 6.58 Å². The van der Waals surface area contributed by atoms with Gasteiger partial charge in [-0.15, -0.1) is 0 Å². The molecule has 68 valence electrons. The number of allylic oxidation sites excluding steroid dienone is 1. The van der Waals surface area contributed by atoms with Crippen LogP contribution < -0.4 is 0 Å². The van der Waals surface area contributed by atoms with Crippen LogP contribution in [0.1, 0.15) is 12.5 Å². The Hall–Kier alpha value is -1.02. The first-order valence-electron chi connectivity index (χ1n) is 3.97. The first-order chi connectivity index (χ1) is 6.27. The summed E-state index contributed by atoms with van der Waals surface area (Å²) >= 11 is 1.54. The van der Waals surface area contributed by atoms with E-state index in [4.69, 9.17) is 0 Å². The van der Waals surface area contributed by atoms with Crippen LogP contribution in [0.3, 0.4) is 0 Å². The first kappa shape index (κ1) is 10.1. The second kappa shape index (κ2) is 4.87. The number of rotatable bonds is 3. The molecule has 0 bridgehead atoms. The van der Waals surface area contributed by atoms with Gasteiger partial charge in [-0.2, -0.15) is 0 Å². The summed E-state index contributed by atoms with van der Waals surface area (Å²) in [4.78, 5) is 1.09. The van der Waals surface area contributed by atoms with Gasteiger partial charge in [-0.1, -0.05) is 36.5 Å². The SMILES string of the molecule is C=CS/C(=C\C)c1ccc(F)cc1. The molecule has 0 atom stereocenters. The molecule has 2 heteroatoms. The van der Waals surface area contributed by atoms with Crippen molar-refractivity contribution in [1.82, 2.24) is 0 Å². The first-order valence-corrected chi connectivity index (χ1v) is 4.85. The van der Waals surface area contributed by atoms with Crippen molar-refractivity contribution in [3.63, 3.8) is 0 Å². The molecule has 0 fully saturated rings. The highest BCUT2D eigenvalue weighted by molar-refractivity contribution is 8.10. The van der Waals surface area contributed by atoms with Gasteiger partial charge in [-0.05, 0) is 30.0 Å². The molecule has 0 aliphatic heterocycles. The molecule has 0 N–H and O–H groups in total. The van der Waals surface area contributed by atoms with E-state index in [0.29, 0.717) is 0 Å². The van der Waals surface area contributed by atoms with Crippen LogP contribution in [-0.4, -0.2) is 0 Å². The van der Waals surface area contributed by atoms with Gasteiger partial charge in [0.05, 0.1) is 0 Å². The van der Waals surface area contributed by atoms with Gasteiger partial charge in [0.15, 0.2) is 0 Å². The summed E-state index contributed by atoms with van der Waals surface area (Å²) in [5.41, 5.74) is 1.02. The largest absolute Gasteiger partial charge is 0.207 e. The summed E-state index contributed by atoms with van der Waals surface area (Å²) in [6.45, 7) is 5.59. The molecule has 0 heterocycles. The quantitative estimate of drug-likeness (QED) is 0.699. The normalized spacial score (nSPS) is 11.4. The molecule has 0 saturated heterocycles. The number of hydrogen-bond acceptors (Lipinski definition) is 1. The molecular formula is C11H11FS. The topological polar surface area (TPSA) is 0 Å². The molecule has 0 aliphatic carbocycles. The van der Waals surface area contributed by atoms with Gasteiger partial charge in [-0.25, -0.2) is 4.39 Å². The lowest BCUT2D eigenvalue weighted by Crippen LogP contribution is -1.79. The highest BCUT2D eigenvalue weighted by Gasteiger charge is 1.98. The van der Waals surface area contributed by atoms with Crippen LogP contribution in [0.2, 0.25) is 0 Å². The van der Waals surface area contributed by atoms with Crippen molar-refractivity contribution >= 4 is 16.7 Å². The molecule has 1 rings (SSSR count). The summed E-state index contributed by atoms with van der Waals surface area (Å²) in [6, 6.07) is 6.45. The van der Waals surface area contributed by atoms with E-state index < -0.39 is 0 Å². The third-order valence-electron chi connectivity index (χ3n) is 1.60. The van der Waals surface area contributed by atoms with E-state index in [1.807, 2.05) is 13.0 Å². The minimum absolute atomic E-state index is 0.206. The zero-order valence-electron chi connectivity index (χ0n) is 7.46. The zero-order chi connectivity index (χ0) is 9.68. The number of halogens is 1. The smallest absolute Gasteiger partial charge is 0.123 e. The van der Waals surface area contributed by atoms with Crippen molar-refractivity contribution in [3.8, 4) is 0 Å². The molecule has 0 amide bonds. The molecule has 0 unspecified atom stereocenters. The molecular weight excluding hydrogens is 183 g/mol. The van der Waals surface area contributed by atoms with Gasteiger partial charge >= 0.3 is 0 Å². The van der Waals surface area contributed by atoms with E-state index in [1.54, 1.807) is 17.5 Å². The Morgan fingerprint density at radius 2 is 2.00 bits per heavy atom. The maximum atomic E-state index is 12.6. The summed E-state index contributed by atoms with van der Waals surface area (Å²) in [5, 5.41) is 1.76. The third-order valence-corrected chi connectivity index (χ3v) is 2.49. The predicted molar refractivity (Wildman–Crippen MR) is 57.8 cm³/mol. The zero-order valence-corrected chi connectivity index (χ0v) is 8.27. The van der Waals surface area contributed by atoms with Crippen LogP contribution in [0.4, 0.5) is 4.39 Å². The fourth-order valence-corrected chi connectivity index (χ4v) is 1.59. The Balaban J connectivity index is 2.92. The van der Waals surface area contributed by atoms with Gasteiger partial charge < -0.3 is 0 Å². The second-order valence-corrected chi connectivity index (χ2v) is 3.45. The Kier molecular flexibility index (Phi) is 3.77. The Morgan fingerprint density at radius 3 is 2.46 bits per heavy atom. The third kappa shape index (κ3) is 2.74. The van der Waals surface area contributed by atoms with Gasteiger partial charge in [-0.3, -0.25) is 0 Å². The molecule has 0 nitrogen and oxygen atoms in total. The van der Waals surface area contributed by atoms with Crippen molar-refractivity contribution in [2.75, 3.05) is 0 Å². The van der Waals surface area contributed by atoms with Crippen LogP contribution in [0, 0.1) is 5.82 Å². The van der Waals surface area contributed by atoms with Crippen molar-refractivity contribution in [3.05, 3.63) is 53.7 Å². The van der Waals surface area contributed by atoms with Gasteiger partial charge in [0.1, 0.15) is 5.82 Å². The lowest BCUT2D eigenvalue weighted by molar-refractivity contribution is 0.628. The van der Waals surface area contributed by atoms with Crippen LogP contribution in [0.25, 0.3) is 4.91 Å². The fourth-order valence-electron chi connectivity index (χ4n) is 1.01. The van der Waals surface area contributed by atoms with E-state index >= 15 is 0 Å². The summed E-state index contributed by atoms with van der Waals surface area (Å²) in [6.07, 6.45) is 1.99. The van der Waals surface area contributed by atoms with Crippen molar-refractivity contribution in [2.24, 2.45) is 0 Å². The summed E-state index contributed by atoms with van der Waals surface area (Å²) < 4.78 is 12.6. The van der Waals surface area contributed by atoms with Crippen LogP contribution in [0.15, 0.2) is 42.3 Å². The highest BCUT2D eigenvalue weighted by Crippen LogP contribution is 2.27. The fraction of sp³-hybridized carbons (Fsp3) is 0.0909. The maximum absolute atomic E-state index is 12.6. The van der Waals surface area contributed by atoms with E-state index in [1.165, 1.54) is 23.9 Å². The molecule has 13 heavy (non-hydrogen) atoms. The minimum atomic E-state index is -0.206. The van der Waals surface area contributed by atoms with Crippen LogP contribution in [0.5, 0.6) is 0 Å². The number of hydrogen-bond donors (Lipinski definition) is 0. The number of thioether (sulfide) groups is 1. The standard InChI is InChI=1S/C11H11FS/c1-3-11(13-4-2)9-5-7-10(12)8-6-9/h3-8H,2H2,1H3/b11-3-. The molecule has 0 saturated carbocycles. The molecule has 1 aromatic rings. The predicted octanol–water partition coefficient (Wildman–Crippen LogP) is 4.06. The van der Waals surface area contributed by atoms with Crippen molar-refractivity contribution < 1.29 is 4.39 Å². The van der Waals surface area contributed by atoms with Crippen LogP contribution >= 0.6 is 11.8 Å². The molecule has 0 spiro atoms. The molecule has 0 radical (unpaired) electrons. The molecule has 0 aromatic heterocycles. The second-order valence-electron chi connectivity index (χ2n) is 2.44. The van der Waals surface area contributed by atoms with Crippen molar-refractivity contribution in [2.45, 2.75) is 6.92 Å². The van der Waals surface area contributed by atoms with Gasteiger partial charge in [0, 0.05) is 4.91 Å². The Labute approximate surface area is 82.2 Å². The van der Waals surface area contributed by atoms with Crippen molar-refractivity contribution in [1.29, 1.82) is 0 Å². The Morgan fingerprint density at radius 1 is 1.38 bits per heavy atom. The van der Waals surface area contributed by atoms with E-state index in [-0.39, 0.29) is 5.82 Å². The minimum Gasteiger partial charge on any atom is -0.207 e. The van der Waals surface area contributed by atoms with Gasteiger partial charge in [0.2, 0.25) is 0 Å². The van der Waals surface area contributed by atoms with E-state index in [9.17, 15) is 4.39 Å². The van der Waals surface area contributed by atoms with E-state index in [0.717, 1.165) is 10.5 Å². The molecule has 1 aromatic carbocycles. The highest BCUT2D eigenvalue weighted by atomic mass is 32.2. The van der Waals surface area contributed by atoms with Crippen LogP contribution in [-0.2, 0) is 0 Å². The molecule has 0 aliphatic rings. The lowest BCUT2D eigenvalue weighted by Gasteiger charge is -2.02. The number of benzene rings is 1. The monoisotopic (exact) mass is 194 g/mol. The Bertz CT molecular complexity index is 311. The average Bonchev–Trinajstić information content (AvgIpc) is 2.16. The average molecular weight is 194 g/mol. The van der Waals surface area contributed by atoms with Gasteiger partial charge in [0.25, 0.3) is 0 Å². The summed E-state index contributed by atoms with van der Waals surface area (Å²) in [5.74, 6) is -0.206. The maximum Gasteiger partial charge on any atom is 0.123 e. The lowest BCUT2D eigenvalue weighted by atomic mass is 10.2. The summed E-state index contributed by atoms with van der Waals surface area (Å²) in [7, 11) is 0.